The van der Waals surface area contributed by atoms with Crippen molar-refractivity contribution in [3.8, 4) is 22.8 Å². The van der Waals surface area contributed by atoms with Crippen LogP contribution in [0.2, 0.25) is 0 Å². The second kappa shape index (κ2) is 10.2. The number of carbonyl (C=O) groups excluding carboxylic acids is 1. The molecule has 0 bridgehead atoms. The number of thiazole rings is 1. The Morgan fingerprint density at radius 1 is 1.09 bits per heavy atom. The van der Waals surface area contributed by atoms with E-state index < -0.39 is 0 Å². The lowest BCUT2D eigenvalue weighted by Gasteiger charge is -2.10. The van der Waals surface area contributed by atoms with Crippen molar-refractivity contribution in [3.63, 3.8) is 0 Å². The van der Waals surface area contributed by atoms with E-state index in [1.54, 1.807) is 12.4 Å². The fourth-order valence-corrected chi connectivity index (χ4v) is 5.14. The highest BCUT2D eigenvalue weighted by Crippen LogP contribution is 2.31. The average molecular weight is 503 g/mol. The summed E-state index contributed by atoms with van der Waals surface area (Å²) >= 11 is 2.74. The summed E-state index contributed by atoms with van der Waals surface area (Å²) in [5, 5.41) is 12.9. The summed E-state index contributed by atoms with van der Waals surface area (Å²) in [6.45, 7) is 4.58. The van der Waals surface area contributed by atoms with Crippen LogP contribution in [-0.2, 0) is 4.79 Å². The normalized spacial score (nSPS) is 11.0. The monoisotopic (exact) mass is 502 g/mol. The number of aromatic nitrogens is 5. The van der Waals surface area contributed by atoms with Crippen molar-refractivity contribution >= 4 is 44.4 Å². The number of hydrogen-bond acceptors (Lipinski definition) is 8. The van der Waals surface area contributed by atoms with Gasteiger partial charge < -0.3 is 10.1 Å². The molecule has 1 N–H and O–H groups in total. The number of carbonyl (C=O) groups is 1. The highest BCUT2D eigenvalue weighted by molar-refractivity contribution is 7.99. The molecule has 0 aliphatic carbocycles. The lowest BCUT2D eigenvalue weighted by atomic mass is 10.2. The average Bonchev–Trinajstić information content (AvgIpc) is 3.47. The molecular weight excluding hydrogens is 480 g/mol. The number of hydrogen-bond donors (Lipinski definition) is 1. The zero-order valence-electron chi connectivity index (χ0n) is 19.1. The number of fused-ring (bicyclic) bond motifs is 1. The third-order valence-corrected chi connectivity index (χ3v) is 6.98. The van der Waals surface area contributed by atoms with Crippen LogP contribution in [0.25, 0.3) is 27.3 Å². The SMILES string of the molecule is CCOc1ccc2nc(NC(=O)CSc3nnc(-c4ccncc4)n3-c3ccc(C)cc3)sc2c1. The van der Waals surface area contributed by atoms with Crippen LogP contribution in [0.1, 0.15) is 12.5 Å². The van der Waals surface area contributed by atoms with Crippen molar-refractivity contribution in [3.05, 3.63) is 72.6 Å². The van der Waals surface area contributed by atoms with E-state index >= 15 is 0 Å². The molecule has 0 saturated carbocycles. The summed E-state index contributed by atoms with van der Waals surface area (Å²) in [6.07, 6.45) is 3.44. The molecule has 0 unspecified atom stereocenters. The van der Waals surface area contributed by atoms with Crippen molar-refractivity contribution in [1.82, 2.24) is 24.7 Å². The van der Waals surface area contributed by atoms with Crippen LogP contribution in [0, 0.1) is 6.92 Å². The number of amides is 1. The number of nitrogens with zero attached hydrogens (tertiary/aromatic N) is 5. The fourth-order valence-electron chi connectivity index (χ4n) is 3.48. The molecule has 5 aromatic rings. The van der Waals surface area contributed by atoms with Gasteiger partial charge in [-0.15, -0.1) is 10.2 Å². The van der Waals surface area contributed by atoms with Gasteiger partial charge in [0.2, 0.25) is 5.91 Å². The Morgan fingerprint density at radius 2 is 1.89 bits per heavy atom. The first-order valence-corrected chi connectivity index (χ1v) is 12.8. The molecule has 8 nitrogen and oxygen atoms in total. The minimum atomic E-state index is -0.164. The van der Waals surface area contributed by atoms with Gasteiger partial charge in [-0.25, -0.2) is 4.98 Å². The van der Waals surface area contributed by atoms with Gasteiger partial charge in [0.15, 0.2) is 16.1 Å². The van der Waals surface area contributed by atoms with Crippen molar-refractivity contribution in [2.75, 3.05) is 17.7 Å². The molecule has 0 spiro atoms. The van der Waals surface area contributed by atoms with E-state index in [1.807, 2.05) is 73.0 Å². The van der Waals surface area contributed by atoms with Crippen LogP contribution < -0.4 is 10.1 Å². The number of benzene rings is 2. The van der Waals surface area contributed by atoms with Crippen molar-refractivity contribution in [2.45, 2.75) is 19.0 Å². The Hall–Kier alpha value is -3.76. The van der Waals surface area contributed by atoms with E-state index in [0.717, 1.165) is 32.8 Å². The standard InChI is InChI=1S/C25H22N6O2S2/c1-3-33-19-8-9-20-21(14-19)35-24(27-20)28-22(32)15-34-25-30-29-23(17-10-12-26-13-11-17)31(25)18-6-4-16(2)5-7-18/h4-14H,3,15H2,1-2H3,(H,27,28,32). The van der Waals surface area contributed by atoms with Gasteiger partial charge in [0.1, 0.15) is 5.75 Å². The van der Waals surface area contributed by atoms with Crippen molar-refractivity contribution in [2.24, 2.45) is 0 Å². The number of ether oxygens (including phenoxy) is 1. The summed E-state index contributed by atoms with van der Waals surface area (Å²) in [7, 11) is 0. The van der Waals surface area contributed by atoms with E-state index in [4.69, 9.17) is 4.74 Å². The molecule has 3 heterocycles. The lowest BCUT2D eigenvalue weighted by molar-refractivity contribution is -0.113. The fraction of sp³-hybridized carbons (Fsp3) is 0.160. The van der Waals surface area contributed by atoms with E-state index in [2.05, 4.69) is 25.5 Å². The molecule has 176 valence electrons. The molecule has 0 atom stereocenters. The summed E-state index contributed by atoms with van der Waals surface area (Å²) in [5.74, 6) is 1.48. The third-order valence-electron chi connectivity index (χ3n) is 5.11. The zero-order chi connectivity index (χ0) is 24.2. The first kappa shape index (κ1) is 23.0. The second-order valence-electron chi connectivity index (χ2n) is 7.63. The van der Waals surface area contributed by atoms with Gasteiger partial charge in [0.25, 0.3) is 0 Å². The van der Waals surface area contributed by atoms with E-state index in [9.17, 15) is 4.79 Å². The smallest absolute Gasteiger partial charge is 0.236 e. The molecule has 0 aliphatic rings. The highest BCUT2D eigenvalue weighted by Gasteiger charge is 2.18. The number of aryl methyl sites for hydroxylation is 1. The summed E-state index contributed by atoms with van der Waals surface area (Å²) < 4.78 is 8.47. The molecule has 0 saturated heterocycles. The number of nitrogens with one attached hydrogen (secondary N) is 1. The molecule has 3 aromatic heterocycles. The Labute approximate surface area is 210 Å². The van der Waals surface area contributed by atoms with Gasteiger partial charge in [-0.05, 0) is 56.3 Å². The van der Waals surface area contributed by atoms with Gasteiger partial charge >= 0.3 is 0 Å². The summed E-state index contributed by atoms with van der Waals surface area (Å²) in [4.78, 5) is 21.3. The highest BCUT2D eigenvalue weighted by atomic mass is 32.2. The minimum absolute atomic E-state index is 0.164. The summed E-state index contributed by atoms with van der Waals surface area (Å²) in [5.41, 5.74) is 3.80. The van der Waals surface area contributed by atoms with Gasteiger partial charge in [0.05, 0.1) is 22.6 Å². The van der Waals surface area contributed by atoms with Gasteiger partial charge in [-0.1, -0.05) is 40.8 Å². The van der Waals surface area contributed by atoms with Crippen molar-refractivity contribution in [1.29, 1.82) is 0 Å². The van der Waals surface area contributed by atoms with E-state index in [-0.39, 0.29) is 11.7 Å². The zero-order valence-corrected chi connectivity index (χ0v) is 20.8. The van der Waals surface area contributed by atoms with Crippen molar-refractivity contribution < 1.29 is 9.53 Å². The third kappa shape index (κ3) is 5.18. The molecular formula is C25H22N6O2S2. The molecule has 5 rings (SSSR count). The Bertz CT molecular complexity index is 1460. The van der Waals surface area contributed by atoms with Crippen LogP contribution in [-0.4, -0.2) is 43.0 Å². The topological polar surface area (TPSA) is 94.8 Å². The van der Waals surface area contributed by atoms with Crippen LogP contribution in [0.15, 0.2) is 72.1 Å². The van der Waals surface area contributed by atoms with Crippen LogP contribution in [0.5, 0.6) is 5.75 Å². The Kier molecular flexibility index (Phi) is 6.73. The first-order chi connectivity index (χ1) is 17.1. The van der Waals surface area contributed by atoms with Crippen LogP contribution >= 0.6 is 23.1 Å². The maximum absolute atomic E-state index is 12.7. The molecule has 2 aromatic carbocycles. The Morgan fingerprint density at radius 3 is 2.66 bits per heavy atom. The van der Waals surface area contributed by atoms with E-state index in [0.29, 0.717) is 22.7 Å². The molecule has 0 aliphatic heterocycles. The molecule has 0 radical (unpaired) electrons. The predicted molar refractivity (Wildman–Crippen MR) is 139 cm³/mol. The molecule has 1 amide bonds. The largest absolute Gasteiger partial charge is 0.494 e. The number of rotatable bonds is 8. The number of thioether (sulfide) groups is 1. The minimum Gasteiger partial charge on any atom is -0.494 e. The van der Waals surface area contributed by atoms with Gasteiger partial charge in [-0.3, -0.25) is 14.3 Å². The molecule has 0 fully saturated rings. The first-order valence-electron chi connectivity index (χ1n) is 11.0. The van der Waals surface area contributed by atoms with Gasteiger partial charge in [-0.2, -0.15) is 0 Å². The predicted octanol–water partition coefficient (Wildman–Crippen LogP) is 5.38. The van der Waals surface area contributed by atoms with Crippen LogP contribution in [0.3, 0.4) is 0 Å². The molecule has 35 heavy (non-hydrogen) atoms. The van der Waals surface area contributed by atoms with Gasteiger partial charge in [0, 0.05) is 23.6 Å². The maximum atomic E-state index is 12.7. The number of pyridine rings is 1. The second-order valence-corrected chi connectivity index (χ2v) is 9.60. The van der Waals surface area contributed by atoms with Crippen LogP contribution in [0.4, 0.5) is 5.13 Å². The summed E-state index contributed by atoms with van der Waals surface area (Å²) in [6, 6.07) is 17.6. The maximum Gasteiger partial charge on any atom is 0.236 e. The number of anilines is 1. The Balaban J connectivity index is 1.34. The quantitative estimate of drug-likeness (QED) is 0.285. The van der Waals surface area contributed by atoms with E-state index in [1.165, 1.54) is 23.1 Å². The lowest BCUT2D eigenvalue weighted by Crippen LogP contribution is -2.14. The molecule has 10 heteroatoms.